The topological polar surface area (TPSA) is 147 Å². The predicted octanol–water partition coefficient (Wildman–Crippen LogP) is 3.11. The number of aliphatic carboxylic acids is 1. The minimum Gasteiger partial charge on any atom is -0.496 e. The van der Waals surface area contributed by atoms with Crippen LogP contribution in [-0.4, -0.2) is 58.5 Å². The number of halogens is 2. The third-order valence-electron chi connectivity index (χ3n) is 5.29. The van der Waals surface area contributed by atoms with Crippen molar-refractivity contribution in [3.63, 3.8) is 0 Å². The molecule has 0 radical (unpaired) electrons. The zero-order valence-corrected chi connectivity index (χ0v) is 21.2. The molecule has 2 N–H and O–H groups in total. The second-order valence-corrected chi connectivity index (χ2v) is 8.10. The highest BCUT2D eigenvalue weighted by Gasteiger charge is 2.22. The van der Waals surface area contributed by atoms with Crippen LogP contribution in [0, 0.1) is 5.82 Å². The number of imidazole rings is 1. The number of carbonyl (C=O) groups is 1. The lowest BCUT2D eigenvalue weighted by molar-refractivity contribution is -0.139. The molecule has 38 heavy (non-hydrogen) atoms. The van der Waals surface area contributed by atoms with Crippen LogP contribution in [0.3, 0.4) is 0 Å². The van der Waals surface area contributed by atoms with Crippen molar-refractivity contribution in [1.82, 2.24) is 19.5 Å². The molecule has 4 rings (SSSR count). The third-order valence-corrected chi connectivity index (χ3v) is 5.59. The normalized spacial score (nSPS) is 11.0. The number of carboxylic acid groups (broad SMARTS) is 1. The summed E-state index contributed by atoms with van der Waals surface area (Å²) < 4.78 is 42.4. The van der Waals surface area contributed by atoms with Crippen LogP contribution < -0.4 is 24.6 Å². The Morgan fingerprint density at radius 3 is 2.53 bits per heavy atom. The number of carboxylic acids is 1. The van der Waals surface area contributed by atoms with Crippen LogP contribution in [0.2, 0.25) is 5.02 Å². The van der Waals surface area contributed by atoms with Crippen LogP contribution in [0.5, 0.6) is 23.1 Å². The molecule has 4 aromatic rings. The summed E-state index contributed by atoms with van der Waals surface area (Å²) in [6.45, 7) is -0.968. The van der Waals surface area contributed by atoms with Crippen LogP contribution in [-0.2, 0) is 22.7 Å². The maximum absolute atomic E-state index is 14.5. The minimum absolute atomic E-state index is 0.00933. The molecule has 14 heteroatoms. The number of fused-ring (bicyclic) bond motifs is 1. The molecule has 0 amide bonds. The van der Waals surface area contributed by atoms with Gasteiger partial charge in [0.25, 0.3) is 0 Å². The van der Waals surface area contributed by atoms with E-state index in [-0.39, 0.29) is 69.6 Å². The number of aromatic nitrogens is 4. The number of nitrogens with zero attached hydrogens (tertiary/aromatic N) is 3. The highest BCUT2D eigenvalue weighted by atomic mass is 35.5. The minimum atomic E-state index is -1.24. The Bertz CT molecular complexity index is 1550. The fourth-order valence-corrected chi connectivity index (χ4v) is 3.89. The molecule has 0 bridgehead atoms. The van der Waals surface area contributed by atoms with Gasteiger partial charge in [-0.15, -0.1) is 0 Å². The van der Waals surface area contributed by atoms with Gasteiger partial charge in [-0.2, -0.15) is 4.98 Å². The average molecular weight is 549 g/mol. The number of H-pyrrole nitrogens is 1. The van der Waals surface area contributed by atoms with Crippen molar-refractivity contribution in [3.05, 3.63) is 63.0 Å². The van der Waals surface area contributed by atoms with E-state index in [1.165, 1.54) is 50.2 Å². The Labute approximate surface area is 219 Å². The Kier molecular flexibility index (Phi) is 7.98. The molecule has 12 nitrogen and oxygen atoms in total. The van der Waals surface area contributed by atoms with E-state index in [9.17, 15) is 14.0 Å². The number of hydrogen-bond acceptors (Lipinski definition) is 9. The van der Waals surface area contributed by atoms with Crippen molar-refractivity contribution in [2.45, 2.75) is 13.2 Å². The first-order valence-electron chi connectivity index (χ1n) is 10.9. The summed E-state index contributed by atoms with van der Waals surface area (Å²) in [5, 5.41) is 9.08. The Hall–Kier alpha value is -4.36. The van der Waals surface area contributed by atoms with E-state index < -0.39 is 24.1 Å². The molecule has 2 aromatic carbocycles. The second-order valence-electron chi connectivity index (χ2n) is 7.69. The van der Waals surface area contributed by atoms with E-state index in [2.05, 4.69) is 15.0 Å². The molecule has 0 atom stereocenters. The van der Waals surface area contributed by atoms with Crippen LogP contribution in [0.25, 0.3) is 16.9 Å². The largest absolute Gasteiger partial charge is 0.496 e. The zero-order valence-electron chi connectivity index (χ0n) is 20.4. The molecule has 0 saturated carbocycles. The molecule has 0 aliphatic carbocycles. The van der Waals surface area contributed by atoms with Crippen LogP contribution in [0.4, 0.5) is 4.39 Å². The lowest BCUT2D eigenvalue weighted by atomic mass is 10.2. The first-order valence-corrected chi connectivity index (χ1v) is 11.3. The van der Waals surface area contributed by atoms with Crippen molar-refractivity contribution < 1.29 is 38.0 Å². The average Bonchev–Trinajstić information content (AvgIpc) is 3.22. The Morgan fingerprint density at radius 2 is 1.84 bits per heavy atom. The number of rotatable bonds is 11. The third kappa shape index (κ3) is 5.33. The second kappa shape index (κ2) is 11.4. The lowest BCUT2D eigenvalue weighted by Crippen LogP contribution is -2.16. The van der Waals surface area contributed by atoms with Gasteiger partial charge in [-0.3, -0.25) is 4.98 Å². The fourth-order valence-electron chi connectivity index (χ4n) is 3.65. The summed E-state index contributed by atoms with van der Waals surface area (Å²) in [7, 11) is 4.24. The summed E-state index contributed by atoms with van der Waals surface area (Å²) in [5.41, 5.74) is -0.0493. The van der Waals surface area contributed by atoms with Gasteiger partial charge in [-0.25, -0.2) is 23.5 Å². The van der Waals surface area contributed by atoms with Gasteiger partial charge < -0.3 is 28.8 Å². The van der Waals surface area contributed by atoms with E-state index in [0.717, 1.165) is 0 Å². The molecule has 0 unspecified atom stereocenters. The number of methoxy groups -OCH3 is 3. The quantitative estimate of drug-likeness (QED) is 0.286. The molecular weight excluding hydrogens is 527 g/mol. The molecule has 0 fully saturated rings. The Morgan fingerprint density at radius 1 is 1.08 bits per heavy atom. The van der Waals surface area contributed by atoms with Crippen LogP contribution >= 0.6 is 11.6 Å². The van der Waals surface area contributed by atoms with Crippen molar-refractivity contribution in [1.29, 1.82) is 0 Å². The van der Waals surface area contributed by atoms with Gasteiger partial charge in [-0.1, -0.05) is 17.7 Å². The zero-order chi connectivity index (χ0) is 27.4. The molecule has 0 aliphatic rings. The highest BCUT2D eigenvalue weighted by molar-refractivity contribution is 6.32. The van der Waals surface area contributed by atoms with E-state index in [1.54, 1.807) is 6.07 Å². The predicted molar refractivity (Wildman–Crippen MR) is 132 cm³/mol. The SMILES string of the molecule is COCc1nc(OC)c2[nH]c(=O)n(-c3cc(OCc4c(F)cccc4OC)c(OCC(=O)O)cc3Cl)c2n1. The molecule has 200 valence electrons. The van der Waals surface area contributed by atoms with Gasteiger partial charge in [0.15, 0.2) is 29.6 Å². The van der Waals surface area contributed by atoms with Crippen molar-refractivity contribution in [2.24, 2.45) is 0 Å². The Balaban J connectivity index is 1.85. The van der Waals surface area contributed by atoms with Gasteiger partial charge in [0, 0.05) is 19.2 Å². The number of ether oxygens (including phenoxy) is 5. The summed E-state index contributed by atoms with van der Waals surface area (Å²) in [5.74, 6) is -1.28. The summed E-state index contributed by atoms with van der Waals surface area (Å²) in [4.78, 5) is 35.4. The van der Waals surface area contributed by atoms with Gasteiger partial charge in [0.05, 0.1) is 30.5 Å². The smallest absolute Gasteiger partial charge is 0.341 e. The first kappa shape index (κ1) is 26.7. The number of nitrogens with one attached hydrogen (secondary N) is 1. The number of hydrogen-bond donors (Lipinski definition) is 2. The highest BCUT2D eigenvalue weighted by Crippen LogP contribution is 2.37. The van der Waals surface area contributed by atoms with Gasteiger partial charge >= 0.3 is 11.7 Å². The van der Waals surface area contributed by atoms with E-state index in [0.29, 0.717) is 0 Å². The van der Waals surface area contributed by atoms with Gasteiger partial charge in [-0.05, 0) is 12.1 Å². The van der Waals surface area contributed by atoms with Crippen molar-refractivity contribution >= 4 is 28.7 Å². The van der Waals surface area contributed by atoms with E-state index in [1.807, 2.05) is 0 Å². The van der Waals surface area contributed by atoms with Gasteiger partial charge in [0.1, 0.15) is 30.3 Å². The van der Waals surface area contributed by atoms with Gasteiger partial charge in [0.2, 0.25) is 5.88 Å². The van der Waals surface area contributed by atoms with Crippen molar-refractivity contribution in [3.8, 4) is 28.8 Å². The fraction of sp³-hybridized carbons (Fsp3) is 0.250. The molecule has 0 spiro atoms. The van der Waals surface area contributed by atoms with Crippen LogP contribution in [0.15, 0.2) is 35.1 Å². The maximum atomic E-state index is 14.5. The molecular formula is C24H22ClFN4O8. The summed E-state index contributed by atoms with van der Waals surface area (Å²) >= 11 is 6.51. The molecule has 2 aromatic heterocycles. The summed E-state index contributed by atoms with van der Waals surface area (Å²) in [6.07, 6.45) is 0. The molecule has 2 heterocycles. The number of aromatic amines is 1. The molecule has 0 aliphatic heterocycles. The monoisotopic (exact) mass is 548 g/mol. The van der Waals surface area contributed by atoms with E-state index >= 15 is 0 Å². The standard InChI is InChI=1S/C24H22ClFN4O8/c1-34-10-19-27-22-21(23(28-19)36-3)29-24(33)30(22)15-8-18(17(7-13(15)25)38-11-20(31)32)37-9-12-14(26)5-4-6-16(12)35-2/h4-8H,9-11H2,1-3H3,(H,29,33)(H,31,32). The van der Waals surface area contributed by atoms with Crippen molar-refractivity contribution in [2.75, 3.05) is 27.9 Å². The summed E-state index contributed by atoms with van der Waals surface area (Å²) in [6, 6.07) is 6.93. The first-order chi connectivity index (χ1) is 18.3. The maximum Gasteiger partial charge on any atom is 0.341 e. The van der Waals surface area contributed by atoms with E-state index in [4.69, 9.17) is 40.4 Å². The number of benzene rings is 2. The van der Waals surface area contributed by atoms with Crippen LogP contribution in [0.1, 0.15) is 11.4 Å². The molecule has 0 saturated heterocycles. The lowest BCUT2D eigenvalue weighted by Gasteiger charge is -2.16.